The molecule has 2 rings (SSSR count). The van der Waals surface area contributed by atoms with E-state index in [0.717, 1.165) is 22.6 Å². The highest BCUT2D eigenvalue weighted by molar-refractivity contribution is 7.10. The summed E-state index contributed by atoms with van der Waals surface area (Å²) in [6.07, 6.45) is -4.58. The van der Waals surface area contributed by atoms with Crippen LogP contribution in [0.3, 0.4) is 0 Å². The van der Waals surface area contributed by atoms with Gasteiger partial charge in [0, 0.05) is 4.88 Å². The molecule has 3 N–H and O–H groups in total. The molecule has 21 heavy (non-hydrogen) atoms. The van der Waals surface area contributed by atoms with E-state index in [0.29, 0.717) is 0 Å². The molecule has 0 fully saturated rings. The van der Waals surface area contributed by atoms with Gasteiger partial charge in [0.25, 0.3) is 5.91 Å². The minimum Gasteiger partial charge on any atom is -0.365 e. The summed E-state index contributed by atoms with van der Waals surface area (Å²) >= 11 is 1.46. The molecule has 0 saturated carbocycles. The van der Waals surface area contributed by atoms with Gasteiger partial charge < -0.3 is 11.1 Å². The summed E-state index contributed by atoms with van der Waals surface area (Å²) in [5.74, 6) is -0.994. The third-order valence-corrected chi connectivity index (χ3v) is 3.86. The number of rotatable bonds is 4. The van der Waals surface area contributed by atoms with E-state index in [1.54, 1.807) is 0 Å². The van der Waals surface area contributed by atoms with E-state index in [1.807, 2.05) is 18.4 Å². The minimum atomic E-state index is -4.58. The predicted molar refractivity (Wildman–Crippen MR) is 74.1 cm³/mol. The lowest BCUT2D eigenvalue weighted by Gasteiger charge is -2.12. The summed E-state index contributed by atoms with van der Waals surface area (Å²) in [6, 6.07) is 3.67. The lowest BCUT2D eigenvalue weighted by molar-refractivity contribution is -0.141. The van der Waals surface area contributed by atoms with Gasteiger partial charge >= 0.3 is 6.18 Å². The van der Waals surface area contributed by atoms with Gasteiger partial charge in [-0.15, -0.1) is 11.3 Å². The van der Waals surface area contributed by atoms with Gasteiger partial charge in [0.05, 0.1) is 12.1 Å². The molecule has 4 nitrogen and oxygen atoms in total. The van der Waals surface area contributed by atoms with Crippen LogP contribution in [0.15, 0.2) is 23.6 Å². The van der Waals surface area contributed by atoms with Crippen molar-refractivity contribution >= 4 is 23.1 Å². The van der Waals surface area contributed by atoms with Crippen molar-refractivity contribution in [3.63, 3.8) is 0 Å². The number of alkyl halides is 3. The maximum atomic E-state index is 12.7. The summed E-state index contributed by atoms with van der Waals surface area (Å²) in [5.41, 5.74) is 5.03. The first-order chi connectivity index (χ1) is 9.79. The SMILES string of the molecule is Cc1ccsc1CNc1nc(C(F)(F)F)ccc1C(N)=O. The van der Waals surface area contributed by atoms with Crippen molar-refractivity contribution in [2.45, 2.75) is 19.6 Å². The highest BCUT2D eigenvalue weighted by Crippen LogP contribution is 2.29. The maximum absolute atomic E-state index is 12.7. The number of aromatic nitrogens is 1. The van der Waals surface area contributed by atoms with Crippen molar-refractivity contribution in [1.82, 2.24) is 4.98 Å². The molecule has 112 valence electrons. The highest BCUT2D eigenvalue weighted by Gasteiger charge is 2.33. The number of nitrogens with one attached hydrogen (secondary N) is 1. The number of aryl methyl sites for hydroxylation is 1. The maximum Gasteiger partial charge on any atom is 0.433 e. The standard InChI is InChI=1S/C13H12F3N3OS/c1-7-4-5-21-9(7)6-18-12-8(11(17)20)2-3-10(19-12)13(14,15)16/h2-5H,6H2,1H3,(H2,17,20)(H,18,19). The molecule has 0 aromatic carbocycles. The van der Waals surface area contributed by atoms with E-state index >= 15 is 0 Å². The van der Waals surface area contributed by atoms with Crippen LogP contribution in [-0.4, -0.2) is 10.9 Å². The minimum absolute atomic E-state index is 0.0720. The number of pyridine rings is 1. The molecule has 0 bridgehead atoms. The highest BCUT2D eigenvalue weighted by atomic mass is 32.1. The number of anilines is 1. The molecule has 0 unspecified atom stereocenters. The lowest BCUT2D eigenvalue weighted by atomic mass is 10.2. The second kappa shape index (κ2) is 5.72. The zero-order valence-corrected chi connectivity index (χ0v) is 11.8. The smallest absolute Gasteiger partial charge is 0.365 e. The third-order valence-electron chi connectivity index (χ3n) is 2.84. The molecule has 2 aromatic rings. The second-order valence-electron chi connectivity index (χ2n) is 4.34. The summed E-state index contributed by atoms with van der Waals surface area (Å²) in [6.45, 7) is 2.17. The second-order valence-corrected chi connectivity index (χ2v) is 5.34. The van der Waals surface area contributed by atoms with Crippen LogP contribution in [0.25, 0.3) is 0 Å². The van der Waals surface area contributed by atoms with Crippen LogP contribution in [0.2, 0.25) is 0 Å². The first-order valence-electron chi connectivity index (χ1n) is 5.94. The Morgan fingerprint density at radius 3 is 2.62 bits per heavy atom. The number of nitrogens with two attached hydrogens (primary N) is 1. The molecular weight excluding hydrogens is 303 g/mol. The number of amides is 1. The van der Waals surface area contributed by atoms with Crippen LogP contribution in [0.5, 0.6) is 0 Å². The normalized spacial score (nSPS) is 11.4. The number of hydrogen-bond donors (Lipinski definition) is 2. The van der Waals surface area contributed by atoms with Crippen LogP contribution in [0.4, 0.5) is 19.0 Å². The van der Waals surface area contributed by atoms with E-state index in [1.165, 1.54) is 11.3 Å². The number of carbonyl (C=O) groups excluding carboxylic acids is 1. The summed E-state index contributed by atoms with van der Waals surface area (Å²) in [4.78, 5) is 15.7. The number of nitrogens with zero attached hydrogens (tertiary/aromatic N) is 1. The summed E-state index contributed by atoms with van der Waals surface area (Å²) in [5, 5.41) is 4.62. The van der Waals surface area contributed by atoms with Crippen LogP contribution >= 0.6 is 11.3 Å². The van der Waals surface area contributed by atoms with Crippen LogP contribution in [0, 0.1) is 6.92 Å². The monoisotopic (exact) mass is 315 g/mol. The van der Waals surface area contributed by atoms with Gasteiger partial charge in [-0.1, -0.05) is 0 Å². The van der Waals surface area contributed by atoms with Gasteiger partial charge in [0.1, 0.15) is 11.5 Å². The van der Waals surface area contributed by atoms with Crippen LogP contribution in [-0.2, 0) is 12.7 Å². The van der Waals surface area contributed by atoms with Crippen LogP contribution < -0.4 is 11.1 Å². The predicted octanol–water partition coefficient (Wildman–Crippen LogP) is 3.18. The molecule has 2 aromatic heterocycles. The van der Waals surface area contributed by atoms with Gasteiger partial charge in [-0.25, -0.2) is 4.98 Å². The molecule has 8 heteroatoms. The number of thiophene rings is 1. The zero-order valence-electron chi connectivity index (χ0n) is 11.0. The average molecular weight is 315 g/mol. The Labute approximate surface area is 122 Å². The Bertz CT molecular complexity index is 667. The fraction of sp³-hybridized carbons (Fsp3) is 0.231. The first-order valence-corrected chi connectivity index (χ1v) is 6.82. The molecule has 2 heterocycles. The van der Waals surface area contributed by atoms with Crippen molar-refractivity contribution in [3.8, 4) is 0 Å². The first kappa shape index (κ1) is 15.3. The van der Waals surface area contributed by atoms with Gasteiger partial charge in [0.15, 0.2) is 0 Å². The fourth-order valence-electron chi connectivity index (χ4n) is 1.70. The number of carbonyl (C=O) groups is 1. The van der Waals surface area contributed by atoms with Gasteiger partial charge in [-0.2, -0.15) is 13.2 Å². The Morgan fingerprint density at radius 1 is 1.38 bits per heavy atom. The van der Waals surface area contributed by atoms with E-state index < -0.39 is 17.8 Å². The Kier molecular flexibility index (Phi) is 4.17. The Morgan fingerprint density at radius 2 is 2.10 bits per heavy atom. The average Bonchev–Trinajstić information content (AvgIpc) is 2.80. The third kappa shape index (κ3) is 3.52. The van der Waals surface area contributed by atoms with Crippen molar-refractivity contribution in [1.29, 1.82) is 0 Å². The van der Waals surface area contributed by atoms with Gasteiger partial charge in [-0.05, 0) is 36.1 Å². The molecule has 0 aliphatic heterocycles. The molecule has 0 radical (unpaired) electrons. The van der Waals surface area contributed by atoms with Gasteiger partial charge in [-0.3, -0.25) is 4.79 Å². The summed E-state index contributed by atoms with van der Waals surface area (Å²) in [7, 11) is 0. The fourth-order valence-corrected chi connectivity index (χ4v) is 2.55. The number of hydrogen-bond acceptors (Lipinski definition) is 4. The molecule has 0 aliphatic carbocycles. The molecular formula is C13H12F3N3OS. The summed E-state index contributed by atoms with van der Waals surface area (Å²) < 4.78 is 38.0. The van der Waals surface area contributed by atoms with Crippen LogP contribution in [0.1, 0.15) is 26.5 Å². The van der Waals surface area contributed by atoms with E-state index in [2.05, 4.69) is 10.3 Å². The topological polar surface area (TPSA) is 68.0 Å². The Hall–Kier alpha value is -2.09. The van der Waals surface area contributed by atoms with E-state index in [4.69, 9.17) is 5.73 Å². The van der Waals surface area contributed by atoms with Crippen molar-refractivity contribution in [2.24, 2.45) is 5.73 Å². The van der Waals surface area contributed by atoms with E-state index in [-0.39, 0.29) is 17.9 Å². The Balaban J connectivity index is 2.31. The van der Waals surface area contributed by atoms with Crippen molar-refractivity contribution in [3.05, 3.63) is 45.3 Å². The molecule has 0 aliphatic rings. The van der Waals surface area contributed by atoms with Crippen molar-refractivity contribution < 1.29 is 18.0 Å². The largest absolute Gasteiger partial charge is 0.433 e. The molecule has 0 spiro atoms. The zero-order chi connectivity index (χ0) is 15.6. The molecule has 1 amide bonds. The van der Waals surface area contributed by atoms with Crippen molar-refractivity contribution in [2.75, 3.05) is 5.32 Å². The lowest BCUT2D eigenvalue weighted by Crippen LogP contribution is -2.18. The number of halogens is 3. The van der Waals surface area contributed by atoms with Gasteiger partial charge in [0.2, 0.25) is 0 Å². The quantitative estimate of drug-likeness (QED) is 0.910. The van der Waals surface area contributed by atoms with E-state index in [9.17, 15) is 18.0 Å². The molecule has 0 saturated heterocycles. The molecule has 0 atom stereocenters. The number of primary amides is 1.